The van der Waals surface area contributed by atoms with E-state index < -0.39 is 5.97 Å². The Kier molecular flexibility index (Phi) is 5.36. The van der Waals surface area contributed by atoms with E-state index >= 15 is 0 Å². The van der Waals surface area contributed by atoms with Crippen LogP contribution in [0, 0.1) is 6.92 Å². The van der Waals surface area contributed by atoms with Crippen LogP contribution in [0.2, 0.25) is 0 Å². The highest BCUT2D eigenvalue weighted by atomic mass is 16.4. The summed E-state index contributed by atoms with van der Waals surface area (Å²) in [5.74, 6) is -0.902. The smallest absolute Gasteiger partial charge is 0.319 e. The molecule has 0 unspecified atom stereocenters. The Morgan fingerprint density at radius 1 is 1.11 bits per heavy atom. The van der Waals surface area contributed by atoms with Gasteiger partial charge in [0, 0.05) is 27.2 Å². The van der Waals surface area contributed by atoms with Crippen molar-refractivity contribution in [3.8, 4) is 0 Å². The number of carbonyl (C=O) groups is 2. The molecule has 104 valence electrons. The maximum atomic E-state index is 12.0. The average molecular weight is 264 g/mol. The Hall–Kier alpha value is -2.04. The lowest BCUT2D eigenvalue weighted by molar-refractivity contribution is -0.137. The molecule has 1 aromatic carbocycles. The number of aliphatic carboxylic acids is 1. The second-order valence-corrected chi connectivity index (χ2v) is 4.69. The Bertz CT molecular complexity index is 443. The fourth-order valence-corrected chi connectivity index (χ4v) is 1.69. The van der Waals surface area contributed by atoms with Crippen LogP contribution in [0.5, 0.6) is 0 Å². The van der Waals surface area contributed by atoms with E-state index in [0.717, 1.165) is 5.56 Å². The Morgan fingerprint density at radius 2 is 1.68 bits per heavy atom. The highest BCUT2D eigenvalue weighted by molar-refractivity contribution is 5.75. The summed E-state index contributed by atoms with van der Waals surface area (Å²) in [7, 11) is 3.32. The fraction of sp³-hybridized carbons (Fsp3) is 0.429. The van der Waals surface area contributed by atoms with Crippen LogP contribution in [0.15, 0.2) is 24.3 Å². The lowest BCUT2D eigenvalue weighted by Gasteiger charge is -2.24. The van der Waals surface area contributed by atoms with Gasteiger partial charge in [0.15, 0.2) is 0 Å². The molecule has 0 aliphatic carbocycles. The van der Waals surface area contributed by atoms with Gasteiger partial charge >= 0.3 is 12.0 Å². The molecule has 5 heteroatoms. The number of aryl methyl sites for hydroxylation is 1. The maximum absolute atomic E-state index is 12.0. The average Bonchev–Trinajstić information content (AvgIpc) is 2.37. The predicted molar refractivity (Wildman–Crippen MR) is 72.9 cm³/mol. The van der Waals surface area contributed by atoms with Crippen LogP contribution >= 0.6 is 0 Å². The first-order chi connectivity index (χ1) is 8.90. The molecule has 0 saturated carbocycles. The molecule has 1 rings (SSSR count). The first-order valence-electron chi connectivity index (χ1n) is 6.13. The number of nitrogens with zero attached hydrogens (tertiary/aromatic N) is 2. The molecule has 0 saturated heterocycles. The number of carboxylic acids is 1. The van der Waals surface area contributed by atoms with Crippen LogP contribution in [0.1, 0.15) is 17.5 Å². The molecule has 0 aromatic heterocycles. The number of carbonyl (C=O) groups excluding carboxylic acids is 1. The molecule has 0 atom stereocenters. The maximum Gasteiger partial charge on any atom is 0.319 e. The van der Waals surface area contributed by atoms with Gasteiger partial charge in [0.05, 0.1) is 6.42 Å². The van der Waals surface area contributed by atoms with E-state index in [1.807, 2.05) is 31.2 Å². The highest BCUT2D eigenvalue weighted by Crippen LogP contribution is 2.07. The number of hydrogen-bond acceptors (Lipinski definition) is 2. The van der Waals surface area contributed by atoms with Gasteiger partial charge in [0.2, 0.25) is 0 Å². The van der Waals surface area contributed by atoms with Crippen LogP contribution in [-0.4, -0.2) is 47.5 Å². The zero-order valence-corrected chi connectivity index (χ0v) is 11.6. The molecule has 0 bridgehead atoms. The fourth-order valence-electron chi connectivity index (χ4n) is 1.69. The summed E-state index contributed by atoms with van der Waals surface area (Å²) in [5, 5.41) is 8.59. The molecule has 1 aromatic rings. The zero-order valence-electron chi connectivity index (χ0n) is 11.6. The third-order valence-electron chi connectivity index (χ3n) is 2.85. The number of urea groups is 1. The molecule has 0 heterocycles. The SMILES string of the molecule is Cc1ccc(CN(C)C(=O)N(C)CCC(=O)O)cc1. The van der Waals surface area contributed by atoms with Crippen LogP contribution < -0.4 is 0 Å². The van der Waals surface area contributed by atoms with Crippen molar-refractivity contribution in [3.63, 3.8) is 0 Å². The number of amides is 2. The molecule has 0 fully saturated rings. The summed E-state index contributed by atoms with van der Waals surface area (Å²) >= 11 is 0. The van der Waals surface area contributed by atoms with E-state index in [4.69, 9.17) is 5.11 Å². The van der Waals surface area contributed by atoms with Crippen molar-refractivity contribution < 1.29 is 14.7 Å². The van der Waals surface area contributed by atoms with Gasteiger partial charge in [-0.15, -0.1) is 0 Å². The summed E-state index contributed by atoms with van der Waals surface area (Å²) in [6.07, 6.45) is -0.0411. The van der Waals surface area contributed by atoms with Crippen molar-refractivity contribution in [3.05, 3.63) is 35.4 Å². The van der Waals surface area contributed by atoms with Gasteiger partial charge in [0.25, 0.3) is 0 Å². The van der Waals surface area contributed by atoms with Crippen molar-refractivity contribution in [2.24, 2.45) is 0 Å². The van der Waals surface area contributed by atoms with Crippen molar-refractivity contribution in [1.29, 1.82) is 0 Å². The molecule has 0 spiro atoms. The minimum atomic E-state index is -0.902. The second-order valence-electron chi connectivity index (χ2n) is 4.69. The topological polar surface area (TPSA) is 60.9 Å². The van der Waals surface area contributed by atoms with Gasteiger partial charge in [-0.25, -0.2) is 4.79 Å². The van der Waals surface area contributed by atoms with E-state index in [9.17, 15) is 9.59 Å². The molecule has 0 aliphatic heterocycles. The monoisotopic (exact) mass is 264 g/mol. The van der Waals surface area contributed by atoms with Gasteiger partial charge in [-0.05, 0) is 12.5 Å². The molecular formula is C14H20N2O3. The normalized spacial score (nSPS) is 10.1. The van der Waals surface area contributed by atoms with Crippen molar-refractivity contribution in [1.82, 2.24) is 9.80 Å². The number of benzene rings is 1. The van der Waals surface area contributed by atoms with E-state index in [0.29, 0.717) is 6.54 Å². The number of rotatable bonds is 5. The quantitative estimate of drug-likeness (QED) is 0.884. The molecule has 0 aliphatic rings. The van der Waals surface area contributed by atoms with E-state index in [-0.39, 0.29) is 19.0 Å². The first-order valence-corrected chi connectivity index (χ1v) is 6.13. The van der Waals surface area contributed by atoms with Crippen molar-refractivity contribution in [2.75, 3.05) is 20.6 Å². The summed E-state index contributed by atoms with van der Waals surface area (Å²) < 4.78 is 0. The molecule has 5 nitrogen and oxygen atoms in total. The van der Waals surface area contributed by atoms with Crippen LogP contribution in [0.3, 0.4) is 0 Å². The summed E-state index contributed by atoms with van der Waals surface area (Å²) in [4.78, 5) is 25.4. The van der Waals surface area contributed by atoms with E-state index in [1.54, 1.807) is 19.0 Å². The summed E-state index contributed by atoms with van der Waals surface area (Å²) in [6.45, 7) is 2.74. The molecule has 2 amide bonds. The minimum absolute atomic E-state index is 0.0411. The first kappa shape index (κ1) is 15.0. The van der Waals surface area contributed by atoms with Crippen molar-refractivity contribution >= 4 is 12.0 Å². The Labute approximate surface area is 113 Å². The van der Waals surface area contributed by atoms with E-state index in [1.165, 1.54) is 10.5 Å². The molecule has 1 N–H and O–H groups in total. The summed E-state index contributed by atoms with van der Waals surface area (Å²) in [6, 6.07) is 7.79. The van der Waals surface area contributed by atoms with Crippen molar-refractivity contribution in [2.45, 2.75) is 19.9 Å². The third-order valence-corrected chi connectivity index (χ3v) is 2.85. The molecule has 19 heavy (non-hydrogen) atoms. The van der Waals surface area contributed by atoms with Gasteiger partial charge in [-0.1, -0.05) is 29.8 Å². The second kappa shape index (κ2) is 6.78. The molecule has 0 radical (unpaired) electrons. The predicted octanol–water partition coefficient (Wildman–Crippen LogP) is 1.95. The number of hydrogen-bond donors (Lipinski definition) is 1. The van der Waals surface area contributed by atoms with Gasteiger partial charge in [-0.2, -0.15) is 0 Å². The van der Waals surface area contributed by atoms with Gasteiger partial charge in [0.1, 0.15) is 0 Å². The molecular weight excluding hydrogens is 244 g/mol. The van der Waals surface area contributed by atoms with E-state index in [2.05, 4.69) is 0 Å². The summed E-state index contributed by atoms with van der Waals surface area (Å²) in [5.41, 5.74) is 2.23. The highest BCUT2D eigenvalue weighted by Gasteiger charge is 2.15. The van der Waals surface area contributed by atoms with Gasteiger partial charge < -0.3 is 14.9 Å². The third kappa shape index (κ3) is 4.99. The lowest BCUT2D eigenvalue weighted by Crippen LogP contribution is -2.39. The lowest BCUT2D eigenvalue weighted by atomic mass is 10.1. The Balaban J connectivity index is 2.52. The Morgan fingerprint density at radius 3 is 2.21 bits per heavy atom. The standard InChI is InChI=1S/C14H20N2O3/c1-11-4-6-12(7-5-11)10-16(3)14(19)15(2)9-8-13(17)18/h4-7H,8-10H2,1-3H3,(H,17,18). The minimum Gasteiger partial charge on any atom is -0.481 e. The largest absolute Gasteiger partial charge is 0.481 e. The van der Waals surface area contributed by atoms with Crippen LogP contribution in [0.4, 0.5) is 4.79 Å². The van der Waals surface area contributed by atoms with Crippen LogP contribution in [0.25, 0.3) is 0 Å². The van der Waals surface area contributed by atoms with Crippen LogP contribution in [-0.2, 0) is 11.3 Å². The number of carboxylic acid groups (broad SMARTS) is 1. The van der Waals surface area contributed by atoms with Gasteiger partial charge in [-0.3, -0.25) is 4.79 Å². The zero-order chi connectivity index (χ0) is 14.4.